The number of benzene rings is 11. The lowest BCUT2D eigenvalue weighted by Gasteiger charge is -2.26. The van der Waals surface area contributed by atoms with E-state index in [1.165, 1.54) is 54.6 Å². The second-order valence-corrected chi connectivity index (χ2v) is 14.7. The Hall–Kier alpha value is -7.42. The molecule has 0 unspecified atom stereocenters. The predicted molar refractivity (Wildman–Crippen MR) is 234 cm³/mol. The Morgan fingerprint density at radius 1 is 0.250 bits per heavy atom. The number of rotatable bonds is 3. The van der Waals surface area contributed by atoms with Crippen LogP contribution in [0.25, 0.3) is 98.0 Å². The van der Waals surface area contributed by atoms with Crippen LogP contribution in [0.4, 0.5) is 0 Å². The van der Waals surface area contributed by atoms with Crippen molar-refractivity contribution in [1.82, 2.24) is 0 Å². The van der Waals surface area contributed by atoms with E-state index in [4.69, 9.17) is 9.47 Å². The first-order valence-corrected chi connectivity index (χ1v) is 19.2. The summed E-state index contributed by atoms with van der Waals surface area (Å²) in [4.78, 5) is 0. The monoisotopic (exact) mass is 712 g/mol. The zero-order chi connectivity index (χ0) is 36.7. The van der Waals surface area contributed by atoms with Crippen molar-refractivity contribution < 1.29 is 9.47 Å². The lowest BCUT2D eigenvalue weighted by molar-refractivity contribution is 0.370. The van der Waals surface area contributed by atoms with Crippen molar-refractivity contribution in [3.05, 3.63) is 194 Å². The predicted octanol–water partition coefficient (Wildman–Crippen LogP) is 15.5. The molecule has 11 aromatic rings. The van der Waals surface area contributed by atoms with Gasteiger partial charge in [0.25, 0.3) is 0 Å². The van der Waals surface area contributed by atoms with Gasteiger partial charge in [-0.25, -0.2) is 0 Å². The molecule has 2 nitrogen and oxygen atoms in total. The highest BCUT2D eigenvalue weighted by atomic mass is 16.6. The molecule has 260 valence electrons. The van der Waals surface area contributed by atoms with E-state index in [0.717, 1.165) is 66.4 Å². The molecule has 0 N–H and O–H groups in total. The van der Waals surface area contributed by atoms with Crippen LogP contribution in [0.2, 0.25) is 0 Å². The Bertz CT molecular complexity index is 3360. The van der Waals surface area contributed by atoms with Gasteiger partial charge < -0.3 is 9.47 Å². The second kappa shape index (κ2) is 12.0. The van der Waals surface area contributed by atoms with E-state index < -0.39 is 0 Å². The molecule has 2 heteroatoms. The Labute approximate surface area is 323 Å². The zero-order valence-electron chi connectivity index (χ0n) is 30.3. The lowest BCUT2D eigenvalue weighted by atomic mass is 9.85. The van der Waals surface area contributed by atoms with Crippen LogP contribution >= 0.6 is 0 Å². The van der Waals surface area contributed by atoms with Crippen molar-refractivity contribution in [1.29, 1.82) is 0 Å². The van der Waals surface area contributed by atoms with E-state index >= 15 is 0 Å². The highest BCUT2D eigenvalue weighted by Crippen LogP contribution is 2.56. The Balaban J connectivity index is 1.02. The molecule has 0 aliphatic carbocycles. The van der Waals surface area contributed by atoms with Crippen molar-refractivity contribution in [3.63, 3.8) is 0 Å². The van der Waals surface area contributed by atoms with Crippen molar-refractivity contribution in [2.75, 3.05) is 0 Å². The third-order valence-electron chi connectivity index (χ3n) is 11.7. The van der Waals surface area contributed by atoms with E-state index in [0.29, 0.717) is 0 Å². The Morgan fingerprint density at radius 3 is 1.25 bits per heavy atom. The second-order valence-electron chi connectivity index (χ2n) is 14.7. The minimum Gasteiger partial charge on any atom is -0.449 e. The van der Waals surface area contributed by atoms with Gasteiger partial charge in [-0.2, -0.15) is 0 Å². The van der Waals surface area contributed by atoms with Crippen LogP contribution in [0, 0.1) is 0 Å². The fourth-order valence-corrected chi connectivity index (χ4v) is 9.15. The molecule has 1 aliphatic heterocycles. The number of ether oxygens (including phenoxy) is 2. The topological polar surface area (TPSA) is 18.5 Å². The van der Waals surface area contributed by atoms with Gasteiger partial charge >= 0.3 is 0 Å². The lowest BCUT2D eigenvalue weighted by Crippen LogP contribution is -2.02. The molecule has 0 atom stereocenters. The molecule has 0 amide bonds. The SMILES string of the molecule is c1ccc2cc(-c3c4ccccc4c(-c4ccc(-c5cc6c(c7ccccc57)Oc5c(c7ccccc7c7ccccc57)O6)cc4)c4ccccc34)ccc2c1. The van der Waals surface area contributed by atoms with Crippen molar-refractivity contribution in [3.8, 4) is 56.4 Å². The minimum atomic E-state index is 0.719. The molecular weight excluding hydrogens is 681 g/mol. The summed E-state index contributed by atoms with van der Waals surface area (Å²) in [5, 5.41) is 14.0. The summed E-state index contributed by atoms with van der Waals surface area (Å²) < 4.78 is 13.8. The average Bonchev–Trinajstić information content (AvgIpc) is 3.27. The maximum Gasteiger partial charge on any atom is 0.178 e. The summed E-state index contributed by atoms with van der Waals surface area (Å²) in [6.07, 6.45) is 0. The standard InChI is InChI=1S/C54H32O2/c1-2-14-36-31-37(30-25-33(36)13-1)51-43-20-8-6-18-41(43)50(42-19-7-9-21-44(42)51)35-28-26-34(27-29-35)48-32-49-52(45-22-10-5-17-40(45)48)56-54-47-24-12-4-16-39(47)38-15-3-11-23-46(38)53(54)55-49/h1-32H. The third-order valence-corrected chi connectivity index (χ3v) is 11.7. The Kier molecular flexibility index (Phi) is 6.66. The zero-order valence-corrected chi connectivity index (χ0v) is 30.3. The average molecular weight is 713 g/mol. The quantitative estimate of drug-likeness (QED) is 0.134. The largest absolute Gasteiger partial charge is 0.449 e. The van der Waals surface area contributed by atoms with Gasteiger partial charge in [-0.05, 0) is 94.0 Å². The normalized spacial score (nSPS) is 12.2. The summed E-state index contributed by atoms with van der Waals surface area (Å²) in [5.74, 6) is 2.99. The number of fused-ring (bicyclic) bond motifs is 12. The van der Waals surface area contributed by atoms with Crippen LogP contribution in [0.5, 0.6) is 23.0 Å². The van der Waals surface area contributed by atoms with E-state index in [9.17, 15) is 0 Å². The maximum atomic E-state index is 6.90. The maximum absolute atomic E-state index is 6.90. The summed E-state index contributed by atoms with van der Waals surface area (Å²) in [5.41, 5.74) is 7.14. The van der Waals surface area contributed by atoms with Gasteiger partial charge in [0.05, 0.1) is 0 Å². The van der Waals surface area contributed by atoms with Gasteiger partial charge in [-0.15, -0.1) is 0 Å². The van der Waals surface area contributed by atoms with Crippen LogP contribution < -0.4 is 9.47 Å². The molecule has 0 saturated heterocycles. The van der Waals surface area contributed by atoms with Crippen LogP contribution in [0.15, 0.2) is 194 Å². The molecule has 0 bridgehead atoms. The minimum absolute atomic E-state index is 0.719. The van der Waals surface area contributed by atoms with Gasteiger partial charge in [0, 0.05) is 16.2 Å². The van der Waals surface area contributed by atoms with Gasteiger partial charge in [-0.3, -0.25) is 0 Å². The van der Waals surface area contributed by atoms with E-state index in [-0.39, 0.29) is 0 Å². The van der Waals surface area contributed by atoms with E-state index in [1.54, 1.807) is 0 Å². The molecule has 0 fully saturated rings. The molecule has 56 heavy (non-hydrogen) atoms. The molecule has 0 saturated carbocycles. The summed E-state index contributed by atoms with van der Waals surface area (Å²) in [6, 6.07) is 69.7. The number of hydrogen-bond donors (Lipinski definition) is 0. The summed E-state index contributed by atoms with van der Waals surface area (Å²) in [7, 11) is 0. The summed E-state index contributed by atoms with van der Waals surface area (Å²) in [6.45, 7) is 0. The van der Waals surface area contributed by atoms with Gasteiger partial charge in [0.1, 0.15) is 0 Å². The molecule has 0 radical (unpaired) electrons. The molecule has 1 aliphatic rings. The smallest absolute Gasteiger partial charge is 0.178 e. The van der Waals surface area contributed by atoms with E-state index in [2.05, 4.69) is 194 Å². The Morgan fingerprint density at radius 2 is 0.661 bits per heavy atom. The van der Waals surface area contributed by atoms with Crippen LogP contribution in [-0.2, 0) is 0 Å². The van der Waals surface area contributed by atoms with Gasteiger partial charge in [0.15, 0.2) is 23.0 Å². The van der Waals surface area contributed by atoms with E-state index in [1.807, 2.05) is 0 Å². The highest BCUT2D eigenvalue weighted by molar-refractivity contribution is 6.22. The molecule has 12 rings (SSSR count). The molecule has 1 heterocycles. The first-order valence-electron chi connectivity index (χ1n) is 19.2. The van der Waals surface area contributed by atoms with Gasteiger partial charge in [0.2, 0.25) is 0 Å². The van der Waals surface area contributed by atoms with Crippen LogP contribution in [-0.4, -0.2) is 0 Å². The molecule has 11 aromatic carbocycles. The first kappa shape index (κ1) is 31.0. The fourth-order valence-electron chi connectivity index (χ4n) is 9.15. The van der Waals surface area contributed by atoms with Gasteiger partial charge in [-0.1, -0.05) is 182 Å². The first-order chi connectivity index (χ1) is 27.8. The third kappa shape index (κ3) is 4.57. The van der Waals surface area contributed by atoms with Crippen molar-refractivity contribution in [2.45, 2.75) is 0 Å². The molecular formula is C54H32O2. The van der Waals surface area contributed by atoms with Crippen LogP contribution in [0.1, 0.15) is 0 Å². The van der Waals surface area contributed by atoms with Crippen molar-refractivity contribution >= 4 is 64.6 Å². The number of hydrogen-bond acceptors (Lipinski definition) is 2. The van der Waals surface area contributed by atoms with Crippen LogP contribution in [0.3, 0.4) is 0 Å². The fraction of sp³-hybridized carbons (Fsp3) is 0. The highest BCUT2D eigenvalue weighted by Gasteiger charge is 2.27. The summed E-state index contributed by atoms with van der Waals surface area (Å²) >= 11 is 0. The molecule has 0 spiro atoms. The van der Waals surface area contributed by atoms with Crippen molar-refractivity contribution in [2.24, 2.45) is 0 Å². The molecule has 0 aromatic heterocycles.